The molecule has 0 aromatic carbocycles. The van der Waals surface area contributed by atoms with Crippen molar-refractivity contribution in [2.75, 3.05) is 13.1 Å². The minimum absolute atomic E-state index is 0.0928. The van der Waals surface area contributed by atoms with Gasteiger partial charge in [-0.15, -0.1) is 0 Å². The van der Waals surface area contributed by atoms with E-state index in [0.29, 0.717) is 12.5 Å². The van der Waals surface area contributed by atoms with Crippen LogP contribution in [0.25, 0.3) is 0 Å². The molecule has 1 saturated carbocycles. The van der Waals surface area contributed by atoms with Gasteiger partial charge in [0.25, 0.3) is 0 Å². The summed E-state index contributed by atoms with van der Waals surface area (Å²) in [6.07, 6.45) is 3.32. The molecule has 106 valence electrons. The van der Waals surface area contributed by atoms with E-state index in [1.807, 2.05) is 16.6 Å². The standard InChI is InChI=1S/C13H20BrN3O2/c1-3-10-13(14)11(16(2)15-10)7-17(8-12(18)19)6-9-4-5-9/h9H,3-8H2,1-2H3,(H,18,19). The molecule has 0 unspecified atom stereocenters. The summed E-state index contributed by atoms with van der Waals surface area (Å²) >= 11 is 3.58. The lowest BCUT2D eigenvalue weighted by molar-refractivity contribution is -0.138. The monoisotopic (exact) mass is 329 g/mol. The maximum atomic E-state index is 11.0. The zero-order chi connectivity index (χ0) is 14.0. The lowest BCUT2D eigenvalue weighted by Crippen LogP contribution is -2.32. The maximum absolute atomic E-state index is 11.0. The van der Waals surface area contributed by atoms with Crippen LogP contribution in [0, 0.1) is 5.92 Å². The zero-order valence-electron chi connectivity index (χ0n) is 11.4. The van der Waals surface area contributed by atoms with Gasteiger partial charge in [0.1, 0.15) is 0 Å². The molecule has 0 radical (unpaired) electrons. The average molecular weight is 330 g/mol. The average Bonchev–Trinajstić information content (AvgIpc) is 3.10. The number of hydrogen-bond donors (Lipinski definition) is 1. The van der Waals surface area contributed by atoms with Crippen molar-refractivity contribution < 1.29 is 9.90 Å². The molecule has 1 aliphatic carbocycles. The van der Waals surface area contributed by atoms with E-state index in [0.717, 1.165) is 28.8 Å². The molecule has 0 bridgehead atoms. The van der Waals surface area contributed by atoms with Crippen LogP contribution >= 0.6 is 15.9 Å². The van der Waals surface area contributed by atoms with Crippen molar-refractivity contribution in [1.29, 1.82) is 0 Å². The van der Waals surface area contributed by atoms with Gasteiger partial charge >= 0.3 is 5.97 Å². The molecule has 0 aliphatic heterocycles. The Balaban J connectivity index is 2.10. The number of aliphatic carboxylic acids is 1. The molecule has 1 fully saturated rings. The third-order valence-electron chi connectivity index (χ3n) is 3.45. The smallest absolute Gasteiger partial charge is 0.317 e. The second-order valence-corrected chi connectivity index (χ2v) is 5.98. The van der Waals surface area contributed by atoms with Crippen molar-refractivity contribution in [2.45, 2.75) is 32.7 Å². The largest absolute Gasteiger partial charge is 0.480 e. The fourth-order valence-electron chi connectivity index (χ4n) is 2.25. The van der Waals surface area contributed by atoms with Gasteiger partial charge in [-0.05, 0) is 41.1 Å². The molecule has 1 aliphatic rings. The molecule has 1 N–H and O–H groups in total. The van der Waals surface area contributed by atoms with Gasteiger partial charge in [0, 0.05) is 20.1 Å². The van der Waals surface area contributed by atoms with Gasteiger partial charge in [-0.1, -0.05) is 6.92 Å². The molecule has 1 aromatic heterocycles. The van der Waals surface area contributed by atoms with Crippen LogP contribution in [0.3, 0.4) is 0 Å². The highest BCUT2D eigenvalue weighted by atomic mass is 79.9. The Morgan fingerprint density at radius 2 is 2.26 bits per heavy atom. The number of hydrogen-bond acceptors (Lipinski definition) is 3. The summed E-state index contributed by atoms with van der Waals surface area (Å²) in [5.41, 5.74) is 2.08. The molecule has 5 nitrogen and oxygen atoms in total. The lowest BCUT2D eigenvalue weighted by atomic mass is 10.2. The van der Waals surface area contributed by atoms with Crippen LogP contribution in [0.1, 0.15) is 31.2 Å². The van der Waals surface area contributed by atoms with Crippen molar-refractivity contribution in [3.63, 3.8) is 0 Å². The van der Waals surface area contributed by atoms with E-state index in [1.54, 1.807) is 0 Å². The quantitative estimate of drug-likeness (QED) is 0.831. The first-order valence-electron chi connectivity index (χ1n) is 6.65. The van der Waals surface area contributed by atoms with Crippen LogP contribution in [0.2, 0.25) is 0 Å². The van der Waals surface area contributed by atoms with E-state index in [2.05, 4.69) is 28.0 Å². The van der Waals surface area contributed by atoms with Crippen LogP contribution in [0.5, 0.6) is 0 Å². The Morgan fingerprint density at radius 3 is 2.74 bits per heavy atom. The molecule has 0 saturated heterocycles. The summed E-state index contributed by atoms with van der Waals surface area (Å²) in [4.78, 5) is 13.0. The molecule has 0 amide bonds. The number of aromatic nitrogens is 2. The molecular weight excluding hydrogens is 310 g/mol. The number of rotatable bonds is 7. The first-order valence-corrected chi connectivity index (χ1v) is 7.45. The summed E-state index contributed by atoms with van der Waals surface area (Å²) < 4.78 is 2.87. The lowest BCUT2D eigenvalue weighted by Gasteiger charge is -2.20. The third kappa shape index (κ3) is 3.79. The highest BCUT2D eigenvalue weighted by Gasteiger charge is 2.26. The highest BCUT2D eigenvalue weighted by Crippen LogP contribution is 2.31. The molecule has 19 heavy (non-hydrogen) atoms. The van der Waals surface area contributed by atoms with Gasteiger partial charge in [-0.2, -0.15) is 5.10 Å². The summed E-state index contributed by atoms with van der Waals surface area (Å²) in [6, 6.07) is 0. The second-order valence-electron chi connectivity index (χ2n) is 5.19. The third-order valence-corrected chi connectivity index (χ3v) is 4.36. The highest BCUT2D eigenvalue weighted by molar-refractivity contribution is 9.10. The minimum Gasteiger partial charge on any atom is -0.480 e. The Morgan fingerprint density at radius 1 is 1.58 bits per heavy atom. The first kappa shape index (κ1) is 14.5. The van der Waals surface area contributed by atoms with Crippen LogP contribution in [-0.4, -0.2) is 38.8 Å². The van der Waals surface area contributed by atoms with Gasteiger partial charge in [0.2, 0.25) is 0 Å². The Labute approximate surface area is 121 Å². The summed E-state index contributed by atoms with van der Waals surface area (Å²) in [6.45, 7) is 3.66. The number of carboxylic acid groups (broad SMARTS) is 1. The van der Waals surface area contributed by atoms with E-state index in [-0.39, 0.29) is 6.54 Å². The zero-order valence-corrected chi connectivity index (χ0v) is 13.0. The first-order chi connectivity index (χ1) is 9.01. The van der Waals surface area contributed by atoms with Crippen LogP contribution in [-0.2, 0) is 24.8 Å². The van der Waals surface area contributed by atoms with Crippen LogP contribution in [0.15, 0.2) is 4.47 Å². The van der Waals surface area contributed by atoms with Gasteiger partial charge < -0.3 is 5.11 Å². The van der Waals surface area contributed by atoms with Crippen LogP contribution in [0.4, 0.5) is 0 Å². The minimum atomic E-state index is -0.769. The summed E-state index contributed by atoms with van der Waals surface area (Å²) in [7, 11) is 1.91. The van der Waals surface area contributed by atoms with Crippen LogP contribution < -0.4 is 0 Å². The molecule has 2 rings (SSSR count). The number of aryl methyl sites for hydroxylation is 2. The van der Waals surface area contributed by atoms with E-state index >= 15 is 0 Å². The Hall–Kier alpha value is -0.880. The Kier molecular flexibility index (Phi) is 4.62. The van der Waals surface area contributed by atoms with E-state index in [4.69, 9.17) is 5.11 Å². The maximum Gasteiger partial charge on any atom is 0.317 e. The van der Waals surface area contributed by atoms with Crippen molar-refractivity contribution in [2.24, 2.45) is 13.0 Å². The SMILES string of the molecule is CCc1nn(C)c(CN(CC(=O)O)CC2CC2)c1Br. The molecule has 1 aromatic rings. The van der Waals surface area contributed by atoms with E-state index in [1.165, 1.54) is 12.8 Å². The fourth-order valence-corrected chi connectivity index (χ4v) is 2.99. The number of carboxylic acids is 1. The molecule has 0 spiro atoms. The molecular formula is C13H20BrN3O2. The van der Waals surface area contributed by atoms with Gasteiger partial charge in [-0.25, -0.2) is 0 Å². The number of nitrogens with zero attached hydrogens (tertiary/aromatic N) is 3. The normalized spacial score (nSPS) is 15.2. The van der Waals surface area contributed by atoms with Crippen molar-refractivity contribution in [1.82, 2.24) is 14.7 Å². The molecule has 6 heteroatoms. The number of carbonyl (C=O) groups is 1. The summed E-state index contributed by atoms with van der Waals surface area (Å²) in [5.74, 6) is -0.0911. The predicted molar refractivity (Wildman–Crippen MR) is 75.9 cm³/mol. The van der Waals surface area contributed by atoms with Crippen molar-refractivity contribution in [3.8, 4) is 0 Å². The van der Waals surface area contributed by atoms with E-state index < -0.39 is 5.97 Å². The summed E-state index contributed by atoms with van der Waals surface area (Å²) in [5, 5.41) is 13.5. The van der Waals surface area contributed by atoms with Gasteiger partial charge in [-0.3, -0.25) is 14.4 Å². The number of halogens is 1. The fraction of sp³-hybridized carbons (Fsp3) is 0.692. The van der Waals surface area contributed by atoms with Crippen molar-refractivity contribution >= 4 is 21.9 Å². The van der Waals surface area contributed by atoms with Gasteiger partial charge in [0.15, 0.2) is 0 Å². The molecule has 0 atom stereocenters. The Bertz CT molecular complexity index is 469. The topological polar surface area (TPSA) is 58.4 Å². The predicted octanol–water partition coefficient (Wildman–Crippen LogP) is 2.04. The van der Waals surface area contributed by atoms with Gasteiger partial charge in [0.05, 0.1) is 22.4 Å². The second kappa shape index (κ2) is 6.05. The van der Waals surface area contributed by atoms with Crippen molar-refractivity contribution in [3.05, 3.63) is 15.9 Å². The molecule has 1 heterocycles. The van der Waals surface area contributed by atoms with E-state index in [9.17, 15) is 4.79 Å².